The number of hydrogen-bond donors (Lipinski definition) is 2. The minimum absolute atomic E-state index is 0.0243. The minimum Gasteiger partial charge on any atom is -0.284 e. The molecule has 0 bridgehead atoms. The van der Waals surface area contributed by atoms with E-state index >= 15 is 0 Å². The lowest BCUT2D eigenvalue weighted by Gasteiger charge is -2.28. The molecule has 0 aliphatic heterocycles. The fourth-order valence-corrected chi connectivity index (χ4v) is 2.65. The van der Waals surface area contributed by atoms with E-state index in [-0.39, 0.29) is 5.06 Å². The Hall–Kier alpha value is -0.310. The molecular formula is C6H15NO9S3. The molecule has 0 aromatic carbocycles. The standard InChI is InChI=1S/C6H15NO9S3/c1-4-17(8,9)16-7(5(2)18(10,11)12)6(3)19(13,14)15/h5-6H,4H2,1-3H3,(H,10,11,12)(H,13,14,15). The molecule has 0 saturated carbocycles. The third-order valence-corrected chi connectivity index (χ3v) is 5.38. The normalized spacial score (nSPS) is 17.4. The second kappa shape index (κ2) is 5.99. The minimum atomic E-state index is -4.83. The molecule has 0 saturated heterocycles. The van der Waals surface area contributed by atoms with Crippen LogP contribution in [0, 0.1) is 0 Å². The van der Waals surface area contributed by atoms with E-state index in [9.17, 15) is 25.3 Å². The van der Waals surface area contributed by atoms with Crippen LogP contribution in [0.5, 0.6) is 0 Å². The highest BCUT2D eigenvalue weighted by atomic mass is 32.2. The molecule has 19 heavy (non-hydrogen) atoms. The van der Waals surface area contributed by atoms with Crippen molar-refractivity contribution in [2.75, 3.05) is 5.75 Å². The van der Waals surface area contributed by atoms with E-state index in [4.69, 9.17) is 9.11 Å². The van der Waals surface area contributed by atoms with Crippen LogP contribution in [0.25, 0.3) is 0 Å². The van der Waals surface area contributed by atoms with E-state index in [0.29, 0.717) is 0 Å². The van der Waals surface area contributed by atoms with Crippen molar-refractivity contribution in [1.29, 1.82) is 0 Å². The summed E-state index contributed by atoms with van der Waals surface area (Å²) in [4.78, 5) is 0. The first kappa shape index (κ1) is 18.7. The average molecular weight is 341 g/mol. The maximum absolute atomic E-state index is 11.3. The van der Waals surface area contributed by atoms with Gasteiger partial charge >= 0.3 is 0 Å². The first-order valence-electron chi connectivity index (χ1n) is 4.85. The molecule has 0 aliphatic carbocycles. The first-order valence-corrected chi connectivity index (χ1v) is 9.44. The predicted molar refractivity (Wildman–Crippen MR) is 64.4 cm³/mol. The summed E-state index contributed by atoms with van der Waals surface area (Å²) in [6.45, 7) is 2.76. The third kappa shape index (κ3) is 5.68. The van der Waals surface area contributed by atoms with Crippen LogP contribution < -0.4 is 0 Å². The van der Waals surface area contributed by atoms with Crippen LogP contribution in [0.1, 0.15) is 20.8 Å². The molecular weight excluding hydrogens is 326 g/mol. The van der Waals surface area contributed by atoms with Gasteiger partial charge in [0.05, 0.1) is 5.75 Å². The molecule has 0 rings (SSSR count). The van der Waals surface area contributed by atoms with Gasteiger partial charge in [0.1, 0.15) is 0 Å². The van der Waals surface area contributed by atoms with Crippen LogP contribution in [-0.2, 0) is 34.6 Å². The lowest BCUT2D eigenvalue weighted by Crippen LogP contribution is -2.48. The van der Waals surface area contributed by atoms with Gasteiger partial charge in [-0.05, 0) is 20.8 Å². The van der Waals surface area contributed by atoms with Crippen LogP contribution in [0.2, 0.25) is 0 Å². The van der Waals surface area contributed by atoms with Crippen molar-refractivity contribution in [3.63, 3.8) is 0 Å². The summed E-state index contributed by atoms with van der Waals surface area (Å²) in [6, 6.07) is 0. The third-order valence-electron chi connectivity index (χ3n) is 2.13. The molecule has 0 heterocycles. The number of hydroxylamine groups is 2. The maximum Gasteiger partial charge on any atom is 0.283 e. The second-order valence-corrected chi connectivity index (χ2v) is 8.78. The summed E-state index contributed by atoms with van der Waals surface area (Å²) in [5.74, 6) is -0.570. The molecule has 0 spiro atoms. The zero-order valence-corrected chi connectivity index (χ0v) is 12.7. The molecule has 0 aromatic rings. The summed E-state index contributed by atoms with van der Waals surface area (Å²) in [5.41, 5.74) is 0. The van der Waals surface area contributed by atoms with Crippen molar-refractivity contribution in [2.45, 2.75) is 31.5 Å². The zero-order chi connectivity index (χ0) is 15.6. The molecule has 2 atom stereocenters. The Morgan fingerprint density at radius 3 is 1.47 bits per heavy atom. The molecule has 0 aromatic heterocycles. The van der Waals surface area contributed by atoms with Crippen LogP contribution in [0.15, 0.2) is 0 Å². The second-order valence-electron chi connectivity index (χ2n) is 3.51. The fraction of sp³-hybridized carbons (Fsp3) is 1.00. The monoisotopic (exact) mass is 341 g/mol. The highest BCUT2D eigenvalue weighted by Crippen LogP contribution is 2.17. The molecule has 2 unspecified atom stereocenters. The SMILES string of the molecule is CCS(=O)(=O)ON(C(C)S(=O)(=O)O)C(C)S(=O)(=O)O. The van der Waals surface area contributed by atoms with Crippen molar-refractivity contribution >= 4 is 30.4 Å². The number of rotatable bonds is 7. The van der Waals surface area contributed by atoms with E-state index in [2.05, 4.69) is 4.28 Å². The van der Waals surface area contributed by atoms with Gasteiger partial charge < -0.3 is 0 Å². The molecule has 0 amide bonds. The summed E-state index contributed by atoms with van der Waals surface area (Å²) in [6.07, 6.45) is 0. The summed E-state index contributed by atoms with van der Waals surface area (Å²) < 4.78 is 88.2. The van der Waals surface area contributed by atoms with Crippen molar-refractivity contribution in [3.05, 3.63) is 0 Å². The van der Waals surface area contributed by atoms with Gasteiger partial charge in [0.2, 0.25) is 0 Å². The largest absolute Gasteiger partial charge is 0.284 e. The van der Waals surface area contributed by atoms with Gasteiger partial charge in [0, 0.05) is 0 Å². The molecule has 10 nitrogen and oxygen atoms in total. The van der Waals surface area contributed by atoms with Crippen molar-refractivity contribution in [2.24, 2.45) is 0 Å². The first-order chi connectivity index (χ1) is 8.22. The highest BCUT2D eigenvalue weighted by Gasteiger charge is 2.38. The lowest BCUT2D eigenvalue weighted by atomic mass is 10.6. The van der Waals surface area contributed by atoms with E-state index in [0.717, 1.165) is 13.8 Å². The van der Waals surface area contributed by atoms with Gasteiger partial charge in [-0.1, -0.05) is 0 Å². The fourth-order valence-electron chi connectivity index (χ4n) is 0.863. The van der Waals surface area contributed by atoms with Gasteiger partial charge in [-0.15, -0.1) is 5.06 Å². The Balaban J connectivity index is 5.66. The van der Waals surface area contributed by atoms with Crippen molar-refractivity contribution < 1.29 is 38.6 Å². The van der Waals surface area contributed by atoms with E-state index in [1.807, 2.05) is 0 Å². The predicted octanol–water partition coefficient (Wildman–Crippen LogP) is -0.963. The Kier molecular flexibility index (Phi) is 5.89. The Morgan fingerprint density at radius 1 is 0.947 bits per heavy atom. The van der Waals surface area contributed by atoms with Crippen LogP contribution in [0.4, 0.5) is 0 Å². The zero-order valence-electron chi connectivity index (χ0n) is 10.3. The average Bonchev–Trinajstić information content (AvgIpc) is 2.21. The van der Waals surface area contributed by atoms with Gasteiger partial charge in [-0.2, -0.15) is 29.5 Å². The molecule has 2 N–H and O–H groups in total. The summed E-state index contributed by atoms with van der Waals surface area (Å²) in [7, 11) is -13.9. The number of hydrogen-bond acceptors (Lipinski definition) is 8. The van der Waals surface area contributed by atoms with E-state index < -0.39 is 46.9 Å². The molecule has 0 radical (unpaired) electrons. The van der Waals surface area contributed by atoms with Gasteiger partial charge in [-0.3, -0.25) is 9.11 Å². The topological polar surface area (TPSA) is 155 Å². The Labute approximate surface area is 111 Å². The smallest absolute Gasteiger partial charge is 0.283 e. The van der Waals surface area contributed by atoms with Crippen LogP contribution in [-0.4, -0.2) is 55.9 Å². The van der Waals surface area contributed by atoms with Crippen molar-refractivity contribution in [1.82, 2.24) is 5.06 Å². The Morgan fingerprint density at radius 2 is 1.26 bits per heavy atom. The molecule has 0 aliphatic rings. The lowest BCUT2D eigenvalue weighted by molar-refractivity contribution is -0.0723. The summed E-state index contributed by atoms with van der Waals surface area (Å²) in [5, 5.41) is -4.07. The Bertz CT molecular complexity index is 566. The maximum atomic E-state index is 11.3. The quantitative estimate of drug-likeness (QED) is 0.436. The molecule has 116 valence electrons. The van der Waals surface area contributed by atoms with E-state index in [1.165, 1.54) is 6.92 Å². The van der Waals surface area contributed by atoms with Gasteiger partial charge in [0.25, 0.3) is 30.4 Å². The van der Waals surface area contributed by atoms with E-state index in [1.54, 1.807) is 0 Å². The molecule has 13 heteroatoms. The van der Waals surface area contributed by atoms with Crippen LogP contribution >= 0.6 is 0 Å². The highest BCUT2D eigenvalue weighted by molar-refractivity contribution is 7.88. The molecule has 0 fully saturated rings. The van der Waals surface area contributed by atoms with Crippen LogP contribution in [0.3, 0.4) is 0 Å². The summed E-state index contributed by atoms with van der Waals surface area (Å²) >= 11 is 0. The van der Waals surface area contributed by atoms with Gasteiger partial charge in [0.15, 0.2) is 10.7 Å². The van der Waals surface area contributed by atoms with Gasteiger partial charge in [-0.25, -0.2) is 0 Å². The van der Waals surface area contributed by atoms with Crippen molar-refractivity contribution in [3.8, 4) is 0 Å². The number of nitrogens with zero attached hydrogens (tertiary/aromatic N) is 1.